The Hall–Kier alpha value is -0.120. The third-order valence-corrected chi connectivity index (χ3v) is 8.57. The van der Waals surface area contributed by atoms with Gasteiger partial charge in [0.25, 0.3) is 0 Å². The van der Waals surface area contributed by atoms with Crippen molar-refractivity contribution in [2.75, 3.05) is 26.4 Å². The molecule has 3 heteroatoms. The van der Waals surface area contributed by atoms with Crippen LogP contribution in [0.15, 0.2) is 0 Å². The van der Waals surface area contributed by atoms with Gasteiger partial charge in [-0.15, -0.1) is 0 Å². The van der Waals surface area contributed by atoms with E-state index in [-0.39, 0.29) is 5.48 Å². The van der Waals surface area contributed by atoms with Crippen molar-refractivity contribution in [3.63, 3.8) is 0 Å². The molecule has 3 nitrogen and oxygen atoms in total. The van der Waals surface area contributed by atoms with Gasteiger partial charge in [0, 0.05) is 26.4 Å². The van der Waals surface area contributed by atoms with Crippen LogP contribution in [0, 0.1) is 0 Å². The van der Waals surface area contributed by atoms with Crippen molar-refractivity contribution in [2.24, 2.45) is 0 Å². The lowest BCUT2D eigenvalue weighted by Crippen LogP contribution is -1.97. The summed E-state index contributed by atoms with van der Waals surface area (Å²) in [5, 5.41) is 0. The summed E-state index contributed by atoms with van der Waals surface area (Å²) in [4.78, 5) is 0. The van der Waals surface area contributed by atoms with Gasteiger partial charge in [0.05, 0.1) is 0 Å². The highest BCUT2D eigenvalue weighted by Gasteiger charge is 1.96. The molecule has 0 aromatic rings. The largest absolute Gasteiger partial charge is 0.412 e. The number of hydrogen-bond donors (Lipinski definition) is 0. The summed E-state index contributed by atoms with van der Waals surface area (Å²) in [6.45, 7) is 13.1. The van der Waals surface area contributed by atoms with Crippen LogP contribution in [0.2, 0.25) is 0 Å². The molecule has 0 saturated heterocycles. The van der Waals surface area contributed by atoms with Crippen LogP contribution in [0.4, 0.5) is 0 Å². The van der Waals surface area contributed by atoms with Gasteiger partial charge >= 0.3 is 0 Å². The minimum absolute atomic E-state index is 0. The smallest absolute Gasteiger partial charge is 0.0466 e. The number of hydrogen-bond acceptors (Lipinski definition) is 2. The van der Waals surface area contributed by atoms with Crippen LogP contribution in [-0.4, -0.2) is 31.9 Å². The van der Waals surface area contributed by atoms with E-state index in [1.165, 1.54) is 205 Å². The molecule has 0 spiro atoms. The van der Waals surface area contributed by atoms with Gasteiger partial charge in [-0.2, -0.15) is 0 Å². The predicted octanol–water partition coefficient (Wildman–Crippen LogP) is 13.7. The van der Waals surface area contributed by atoms with Gasteiger partial charge in [-0.1, -0.05) is 207 Å². The van der Waals surface area contributed by atoms with E-state index >= 15 is 0 Å². The van der Waals surface area contributed by atoms with Gasteiger partial charge in [-0.25, -0.2) is 0 Å². The lowest BCUT2D eigenvalue weighted by Gasteiger charge is -2.05. The summed E-state index contributed by atoms with van der Waals surface area (Å²) in [5.74, 6) is 0. The Bertz CT molecular complexity index is 341. The molecule has 0 fully saturated rings. The quantitative estimate of drug-likeness (QED) is 0.0659. The Kier molecular flexibility index (Phi) is 53.6. The minimum atomic E-state index is 0. The molecule has 0 rings (SSSR count). The summed E-state index contributed by atoms with van der Waals surface area (Å²) < 4.78 is 11.4. The highest BCUT2D eigenvalue weighted by Crippen LogP contribution is 2.12. The molecule has 0 radical (unpaired) electrons. The van der Waals surface area contributed by atoms with E-state index in [1.807, 2.05) is 0 Å². The number of rotatable bonds is 36. The highest BCUT2D eigenvalue weighted by molar-refractivity contribution is 4.49. The molecule has 0 amide bonds. The Morgan fingerprint density at radius 3 is 0.512 bits per heavy atom. The van der Waals surface area contributed by atoms with Crippen LogP contribution in [0.5, 0.6) is 0 Å². The average molecular weight is 615 g/mol. The molecule has 0 saturated carbocycles. The number of ether oxygens (including phenoxy) is 2. The summed E-state index contributed by atoms with van der Waals surface area (Å²) in [7, 11) is 0. The van der Waals surface area contributed by atoms with Crippen molar-refractivity contribution in [1.82, 2.24) is 0 Å². The highest BCUT2D eigenvalue weighted by atomic mass is 16.5. The fourth-order valence-corrected chi connectivity index (χ4v) is 5.56. The van der Waals surface area contributed by atoms with Crippen molar-refractivity contribution < 1.29 is 14.9 Å². The van der Waals surface area contributed by atoms with E-state index in [1.54, 1.807) is 0 Å². The van der Waals surface area contributed by atoms with E-state index < -0.39 is 0 Å². The molecule has 0 unspecified atom stereocenters. The van der Waals surface area contributed by atoms with E-state index in [2.05, 4.69) is 27.7 Å². The molecule has 0 aliphatic heterocycles. The standard InChI is InChI=1S/2C20H42O.H2O/c2*1-3-5-7-9-11-12-13-14-16-18-20-21-19-17-15-10-8-6-4-2;/h2*3-20H2,1-2H3;1H2. The normalized spacial score (nSPS) is 10.9. The Morgan fingerprint density at radius 1 is 0.209 bits per heavy atom. The minimum Gasteiger partial charge on any atom is -0.412 e. The molecule has 264 valence electrons. The van der Waals surface area contributed by atoms with Crippen LogP contribution in [0.3, 0.4) is 0 Å². The molecule has 0 aromatic carbocycles. The second-order valence-corrected chi connectivity index (χ2v) is 13.1. The van der Waals surface area contributed by atoms with Gasteiger partial charge in [0.2, 0.25) is 0 Å². The maximum absolute atomic E-state index is 5.71. The fraction of sp³-hybridized carbons (Fsp3) is 1.00. The van der Waals surface area contributed by atoms with E-state index in [0.717, 1.165) is 26.4 Å². The van der Waals surface area contributed by atoms with Crippen molar-refractivity contribution in [3.8, 4) is 0 Å². The Labute approximate surface area is 274 Å². The molecule has 2 N–H and O–H groups in total. The van der Waals surface area contributed by atoms with Gasteiger partial charge in [0.1, 0.15) is 0 Å². The molecule has 0 aliphatic carbocycles. The zero-order chi connectivity index (χ0) is 30.9. The molecular formula is C40H86O3. The van der Waals surface area contributed by atoms with E-state index in [4.69, 9.17) is 9.47 Å². The van der Waals surface area contributed by atoms with Crippen molar-refractivity contribution in [3.05, 3.63) is 0 Å². The summed E-state index contributed by atoms with van der Waals surface area (Å²) in [5.41, 5.74) is 0. The molecule has 0 atom stereocenters. The van der Waals surface area contributed by atoms with E-state index in [9.17, 15) is 0 Å². The molecular weight excluding hydrogens is 528 g/mol. The molecule has 0 bridgehead atoms. The van der Waals surface area contributed by atoms with E-state index in [0.29, 0.717) is 0 Å². The topological polar surface area (TPSA) is 50.0 Å². The van der Waals surface area contributed by atoms with Crippen LogP contribution < -0.4 is 0 Å². The third-order valence-electron chi connectivity index (χ3n) is 8.57. The van der Waals surface area contributed by atoms with Crippen LogP contribution in [0.25, 0.3) is 0 Å². The SMILES string of the molecule is CCCCCCCCCCCCOCCCCCCCC.CCCCCCCCCCCCOCCCCCCCC.O. The lowest BCUT2D eigenvalue weighted by molar-refractivity contribution is 0.125. The van der Waals surface area contributed by atoms with Gasteiger partial charge in [-0.3, -0.25) is 0 Å². The zero-order valence-corrected chi connectivity index (χ0v) is 30.8. The van der Waals surface area contributed by atoms with Crippen LogP contribution in [-0.2, 0) is 9.47 Å². The first-order chi connectivity index (χ1) is 20.8. The number of unbranched alkanes of at least 4 members (excludes halogenated alkanes) is 28. The summed E-state index contributed by atoms with van der Waals surface area (Å²) in [6, 6.07) is 0. The summed E-state index contributed by atoms with van der Waals surface area (Å²) in [6.07, 6.45) is 44.5. The second kappa shape index (κ2) is 48.8. The summed E-state index contributed by atoms with van der Waals surface area (Å²) >= 11 is 0. The average Bonchev–Trinajstić information content (AvgIpc) is 3.00. The predicted molar refractivity (Wildman–Crippen MR) is 196 cm³/mol. The first kappa shape index (κ1) is 47.3. The Balaban J connectivity index is -0.000000727. The monoisotopic (exact) mass is 615 g/mol. The van der Waals surface area contributed by atoms with Crippen molar-refractivity contribution >= 4 is 0 Å². The second-order valence-electron chi connectivity index (χ2n) is 13.1. The molecule has 43 heavy (non-hydrogen) atoms. The Morgan fingerprint density at radius 2 is 0.349 bits per heavy atom. The fourth-order valence-electron chi connectivity index (χ4n) is 5.56. The van der Waals surface area contributed by atoms with Gasteiger partial charge in [-0.05, 0) is 25.7 Å². The zero-order valence-electron chi connectivity index (χ0n) is 30.8. The lowest BCUT2D eigenvalue weighted by atomic mass is 10.1. The van der Waals surface area contributed by atoms with Gasteiger partial charge in [0.15, 0.2) is 0 Å². The first-order valence-electron chi connectivity index (χ1n) is 20.0. The maximum Gasteiger partial charge on any atom is 0.0466 e. The molecule has 0 heterocycles. The molecule has 0 aromatic heterocycles. The van der Waals surface area contributed by atoms with Crippen molar-refractivity contribution in [1.29, 1.82) is 0 Å². The van der Waals surface area contributed by atoms with Crippen molar-refractivity contribution in [2.45, 2.75) is 233 Å². The maximum atomic E-state index is 5.71. The third kappa shape index (κ3) is 51.7. The van der Waals surface area contributed by atoms with Crippen LogP contribution in [0.1, 0.15) is 233 Å². The van der Waals surface area contributed by atoms with Gasteiger partial charge < -0.3 is 14.9 Å². The first-order valence-corrected chi connectivity index (χ1v) is 20.0. The molecule has 0 aliphatic rings. The van der Waals surface area contributed by atoms with Crippen LogP contribution >= 0.6 is 0 Å².